The normalized spacial score (nSPS) is 19.1. The number of amides is 2. The van der Waals surface area contributed by atoms with E-state index in [9.17, 15) is 19.2 Å². The van der Waals surface area contributed by atoms with Crippen LogP contribution in [0.2, 0.25) is 0 Å². The van der Waals surface area contributed by atoms with Gasteiger partial charge in [0.25, 0.3) is 11.8 Å². The van der Waals surface area contributed by atoms with Crippen LogP contribution >= 0.6 is 0 Å². The Balaban J connectivity index is 0.000000151. The van der Waals surface area contributed by atoms with Crippen molar-refractivity contribution in [1.29, 1.82) is 0 Å². The highest BCUT2D eigenvalue weighted by molar-refractivity contribution is 6.04. The fraction of sp³-hybridized carbons (Fsp3) is 0.250. The van der Waals surface area contributed by atoms with Crippen molar-refractivity contribution in [2.24, 2.45) is 0 Å². The van der Waals surface area contributed by atoms with Gasteiger partial charge in [0.15, 0.2) is 0 Å². The lowest BCUT2D eigenvalue weighted by molar-refractivity contribution is -0.171. The van der Waals surface area contributed by atoms with Crippen LogP contribution < -0.4 is 0 Å². The summed E-state index contributed by atoms with van der Waals surface area (Å²) in [5.74, 6) is -2.17. The third-order valence-electron chi connectivity index (χ3n) is 1.58. The molecule has 0 bridgehead atoms. The maximum Gasteiger partial charge on any atom is 0.338 e. The third kappa shape index (κ3) is 2.99. The molecule has 1 N–H and O–H groups in total. The van der Waals surface area contributed by atoms with Crippen LogP contribution in [0.1, 0.15) is 12.8 Å². The Kier molecular flexibility index (Phi) is 3.29. The molecule has 0 aromatic heterocycles. The van der Waals surface area contributed by atoms with Gasteiger partial charge in [-0.2, -0.15) is 5.06 Å². The second-order valence-corrected chi connectivity index (χ2v) is 2.67. The third-order valence-corrected chi connectivity index (χ3v) is 1.58. The Bertz CT molecular complexity index is 326. The van der Waals surface area contributed by atoms with Gasteiger partial charge in [0.05, 0.1) is 0 Å². The lowest BCUT2D eigenvalue weighted by atomic mass is 10.4. The van der Waals surface area contributed by atoms with Crippen molar-refractivity contribution in [2.75, 3.05) is 0 Å². The number of carbonyl (C=O) groups is 4. The summed E-state index contributed by atoms with van der Waals surface area (Å²) < 4.78 is 3.97. The summed E-state index contributed by atoms with van der Waals surface area (Å²) in [6.07, 6.45) is 2.47. The monoisotopic (exact) mass is 213 g/mol. The van der Waals surface area contributed by atoms with Crippen LogP contribution in [0.5, 0.6) is 0 Å². The van der Waals surface area contributed by atoms with Crippen molar-refractivity contribution >= 4 is 23.8 Å². The minimum Gasteiger partial charge on any atom is -0.387 e. The van der Waals surface area contributed by atoms with Crippen molar-refractivity contribution in [3.05, 3.63) is 12.2 Å². The number of rotatable bonds is 0. The molecule has 0 atom stereocenters. The van der Waals surface area contributed by atoms with Crippen LogP contribution in [0.15, 0.2) is 12.2 Å². The van der Waals surface area contributed by atoms with Crippen molar-refractivity contribution < 1.29 is 29.1 Å². The van der Waals surface area contributed by atoms with Crippen LogP contribution in [0.4, 0.5) is 0 Å². The molecule has 2 aliphatic rings. The van der Waals surface area contributed by atoms with Crippen LogP contribution in [-0.2, 0) is 23.9 Å². The van der Waals surface area contributed by atoms with E-state index < -0.39 is 23.8 Å². The summed E-state index contributed by atoms with van der Waals surface area (Å²) >= 11 is 0. The number of hydrogen-bond acceptors (Lipinski definition) is 6. The second kappa shape index (κ2) is 4.47. The van der Waals surface area contributed by atoms with Crippen LogP contribution in [-0.4, -0.2) is 34.0 Å². The first kappa shape index (κ1) is 11.1. The maximum atomic E-state index is 10.2. The molecule has 1 saturated heterocycles. The predicted octanol–water partition coefficient (Wildman–Crippen LogP) is -0.849. The zero-order valence-electron chi connectivity index (χ0n) is 7.50. The Labute approximate surface area is 83.9 Å². The average Bonchev–Trinajstić information content (AvgIpc) is 2.68. The van der Waals surface area contributed by atoms with E-state index in [2.05, 4.69) is 4.74 Å². The van der Waals surface area contributed by atoms with E-state index >= 15 is 0 Å². The van der Waals surface area contributed by atoms with Gasteiger partial charge in [0.1, 0.15) is 0 Å². The Morgan fingerprint density at radius 1 is 1.00 bits per heavy atom. The molecule has 2 rings (SSSR count). The summed E-state index contributed by atoms with van der Waals surface area (Å²) in [5.41, 5.74) is 0. The van der Waals surface area contributed by atoms with Crippen molar-refractivity contribution in [3.8, 4) is 0 Å². The number of ether oxygens (including phenoxy) is 1. The van der Waals surface area contributed by atoms with Gasteiger partial charge in [0.2, 0.25) is 0 Å². The minimum absolute atomic E-state index is 0.148. The fourth-order valence-electron chi connectivity index (χ4n) is 0.868. The van der Waals surface area contributed by atoms with Gasteiger partial charge in [-0.1, -0.05) is 0 Å². The van der Waals surface area contributed by atoms with Crippen molar-refractivity contribution in [3.63, 3.8) is 0 Å². The molecule has 0 unspecified atom stereocenters. The molecule has 7 heteroatoms. The zero-order valence-corrected chi connectivity index (χ0v) is 7.50. The highest BCUT2D eigenvalue weighted by Gasteiger charge is 2.26. The van der Waals surface area contributed by atoms with Gasteiger partial charge in [-0.15, -0.1) is 0 Å². The van der Waals surface area contributed by atoms with Gasteiger partial charge in [-0.05, 0) is 0 Å². The van der Waals surface area contributed by atoms with Gasteiger partial charge in [-0.3, -0.25) is 14.8 Å². The molecular formula is C8H7NO6. The summed E-state index contributed by atoms with van der Waals surface area (Å²) in [5, 5.41) is 8.57. The van der Waals surface area contributed by atoms with Gasteiger partial charge in [-0.25, -0.2) is 9.59 Å². The second-order valence-electron chi connectivity index (χ2n) is 2.67. The van der Waals surface area contributed by atoms with E-state index in [0.29, 0.717) is 0 Å². The summed E-state index contributed by atoms with van der Waals surface area (Å²) in [4.78, 5) is 40.3. The number of cyclic esters (lactones) is 2. The molecule has 0 aromatic rings. The number of carbonyl (C=O) groups excluding carboxylic acids is 4. The molecule has 0 aromatic carbocycles. The van der Waals surface area contributed by atoms with Gasteiger partial charge in [0, 0.05) is 25.0 Å². The smallest absolute Gasteiger partial charge is 0.338 e. The first-order valence-electron chi connectivity index (χ1n) is 3.99. The molecule has 7 nitrogen and oxygen atoms in total. The van der Waals surface area contributed by atoms with Crippen LogP contribution in [0.25, 0.3) is 0 Å². The molecule has 15 heavy (non-hydrogen) atoms. The summed E-state index contributed by atoms with van der Waals surface area (Å²) in [6.45, 7) is 0. The molecule has 0 aliphatic carbocycles. The van der Waals surface area contributed by atoms with Gasteiger partial charge < -0.3 is 4.74 Å². The lowest BCUT2D eigenvalue weighted by Crippen LogP contribution is -2.24. The fourth-order valence-corrected chi connectivity index (χ4v) is 0.868. The summed E-state index contributed by atoms with van der Waals surface area (Å²) in [7, 11) is 0. The minimum atomic E-state index is -0.579. The number of nitrogens with zero attached hydrogens (tertiary/aromatic N) is 1. The highest BCUT2D eigenvalue weighted by Crippen LogP contribution is 2.07. The van der Waals surface area contributed by atoms with Crippen molar-refractivity contribution in [2.45, 2.75) is 12.8 Å². The number of esters is 2. The predicted molar refractivity (Wildman–Crippen MR) is 43.1 cm³/mol. The molecule has 2 heterocycles. The Hall–Kier alpha value is -2.02. The molecule has 2 amide bonds. The van der Waals surface area contributed by atoms with E-state index in [4.69, 9.17) is 5.21 Å². The first-order valence-corrected chi connectivity index (χ1v) is 3.99. The largest absolute Gasteiger partial charge is 0.387 e. The van der Waals surface area contributed by atoms with Crippen molar-refractivity contribution in [1.82, 2.24) is 5.06 Å². The Morgan fingerprint density at radius 2 is 1.40 bits per heavy atom. The molecule has 80 valence electrons. The Morgan fingerprint density at radius 3 is 1.53 bits per heavy atom. The van der Waals surface area contributed by atoms with E-state index in [1.54, 1.807) is 0 Å². The highest BCUT2D eigenvalue weighted by atomic mass is 16.6. The lowest BCUT2D eigenvalue weighted by Gasteiger charge is -1.98. The molecular weight excluding hydrogens is 206 g/mol. The molecule has 0 spiro atoms. The molecule has 1 fully saturated rings. The topological polar surface area (TPSA) is 101 Å². The average molecular weight is 213 g/mol. The molecule has 0 radical (unpaired) electrons. The number of hydrogen-bond donors (Lipinski definition) is 1. The maximum absolute atomic E-state index is 10.2. The first-order chi connectivity index (χ1) is 7.00. The zero-order chi connectivity index (χ0) is 11.4. The van der Waals surface area contributed by atoms with Gasteiger partial charge >= 0.3 is 11.9 Å². The van der Waals surface area contributed by atoms with E-state index in [1.807, 2.05) is 0 Å². The molecule has 0 saturated carbocycles. The number of hydroxylamine groups is 2. The van der Waals surface area contributed by atoms with Crippen LogP contribution in [0, 0.1) is 0 Å². The standard InChI is InChI=1S/C4H5NO3.C4H2O3/c6-3-1-2-4(7)5(3)8;5-3-1-2-4(6)7-3/h8H,1-2H2;1-2H. The number of imide groups is 1. The van der Waals surface area contributed by atoms with E-state index in [1.165, 1.54) is 0 Å². The molecule has 2 aliphatic heterocycles. The quantitative estimate of drug-likeness (QED) is 0.243. The SMILES string of the molecule is O=C1C=CC(=O)O1.O=C1CCC(=O)N1O. The van der Waals surface area contributed by atoms with E-state index in [-0.39, 0.29) is 17.9 Å². The van der Waals surface area contributed by atoms with Crippen LogP contribution in [0.3, 0.4) is 0 Å². The summed E-state index contributed by atoms with van der Waals surface area (Å²) in [6, 6.07) is 0. The van der Waals surface area contributed by atoms with E-state index in [0.717, 1.165) is 12.2 Å².